The quantitative estimate of drug-likeness (QED) is 0.641. The van der Waals surface area contributed by atoms with Crippen molar-refractivity contribution in [3.05, 3.63) is 65.7 Å². The number of sulfonamides is 1. The molecule has 27 heavy (non-hydrogen) atoms. The molecule has 2 N–H and O–H groups in total. The fraction of sp³-hybridized carbons (Fsp3) is 0.250. The summed E-state index contributed by atoms with van der Waals surface area (Å²) in [6.07, 6.45) is 5.07. The van der Waals surface area contributed by atoms with Gasteiger partial charge in [-0.3, -0.25) is 4.79 Å². The van der Waals surface area contributed by atoms with E-state index in [9.17, 15) is 13.2 Å². The van der Waals surface area contributed by atoms with Gasteiger partial charge in [0.05, 0.1) is 11.4 Å². The number of nitrogens with one attached hydrogen (secondary N) is 2. The minimum Gasteiger partial charge on any atom is -0.351 e. The lowest BCUT2D eigenvalue weighted by molar-refractivity contribution is 0.0949. The van der Waals surface area contributed by atoms with Gasteiger partial charge in [-0.2, -0.15) is 4.72 Å². The van der Waals surface area contributed by atoms with Crippen molar-refractivity contribution in [1.29, 1.82) is 0 Å². The average Bonchev–Trinajstić information content (AvgIpc) is 2.67. The van der Waals surface area contributed by atoms with Crippen molar-refractivity contribution < 1.29 is 13.2 Å². The Hall–Kier alpha value is -2.66. The first kappa shape index (κ1) is 20.6. The molecule has 2 rings (SSSR count). The molecule has 0 unspecified atom stereocenters. The normalized spacial score (nSPS) is 11.1. The van der Waals surface area contributed by atoms with Crippen LogP contribution in [-0.4, -0.2) is 45.9 Å². The predicted molar refractivity (Wildman–Crippen MR) is 106 cm³/mol. The van der Waals surface area contributed by atoms with Crippen LogP contribution in [0.1, 0.15) is 15.9 Å². The largest absolute Gasteiger partial charge is 0.351 e. The number of carbonyl (C=O) groups is 1. The van der Waals surface area contributed by atoms with Gasteiger partial charge in [-0.15, -0.1) is 6.42 Å². The second kappa shape index (κ2) is 9.88. The third kappa shape index (κ3) is 6.53. The van der Waals surface area contributed by atoms with Crippen LogP contribution >= 0.6 is 0 Å². The van der Waals surface area contributed by atoms with E-state index in [2.05, 4.69) is 33.0 Å². The van der Waals surface area contributed by atoms with E-state index in [0.29, 0.717) is 13.1 Å². The maximum Gasteiger partial charge on any atom is 0.251 e. The van der Waals surface area contributed by atoms with E-state index in [1.165, 1.54) is 23.8 Å². The Morgan fingerprint density at radius 2 is 1.89 bits per heavy atom. The molecule has 0 spiro atoms. The molecule has 0 aliphatic heterocycles. The number of hydrogen-bond acceptors (Lipinski definition) is 4. The van der Waals surface area contributed by atoms with Gasteiger partial charge in [0.1, 0.15) is 0 Å². The molecule has 0 atom stereocenters. The van der Waals surface area contributed by atoms with Gasteiger partial charge >= 0.3 is 0 Å². The topological polar surface area (TPSA) is 78.5 Å². The van der Waals surface area contributed by atoms with Crippen LogP contribution in [0.4, 0.5) is 0 Å². The van der Waals surface area contributed by atoms with Crippen LogP contribution in [0.25, 0.3) is 0 Å². The number of nitrogens with zero attached hydrogens (tertiary/aromatic N) is 1. The maximum absolute atomic E-state index is 12.3. The standard InChI is InChI=1S/C20H23N3O3S/c1-3-12-22-27(25,26)19-11-7-10-18(15-19)20(24)21-13-14-23(2)16-17-8-5-4-6-9-17/h1,4-11,15,22H,12-14,16H2,2H3,(H,21,24). The fourth-order valence-corrected chi connectivity index (χ4v) is 3.44. The second-order valence-electron chi connectivity index (χ2n) is 6.04. The Labute approximate surface area is 160 Å². The Bertz CT molecular complexity index is 906. The Morgan fingerprint density at radius 1 is 1.15 bits per heavy atom. The lowest BCUT2D eigenvalue weighted by atomic mass is 10.2. The molecular weight excluding hydrogens is 362 g/mol. The molecule has 0 aromatic heterocycles. The van der Waals surface area contributed by atoms with E-state index < -0.39 is 10.0 Å². The monoisotopic (exact) mass is 385 g/mol. The minimum atomic E-state index is -3.73. The summed E-state index contributed by atoms with van der Waals surface area (Å²) in [6.45, 7) is 1.80. The van der Waals surface area contributed by atoms with Crippen molar-refractivity contribution in [2.24, 2.45) is 0 Å². The number of hydrogen-bond donors (Lipinski definition) is 2. The van der Waals surface area contributed by atoms with E-state index in [0.717, 1.165) is 6.54 Å². The van der Waals surface area contributed by atoms with E-state index in [1.807, 2.05) is 25.2 Å². The van der Waals surface area contributed by atoms with Crippen molar-refractivity contribution >= 4 is 15.9 Å². The van der Waals surface area contributed by atoms with Crippen LogP contribution in [0.2, 0.25) is 0 Å². The summed E-state index contributed by atoms with van der Waals surface area (Å²) in [5.74, 6) is 1.89. The van der Waals surface area contributed by atoms with Gasteiger partial charge in [-0.25, -0.2) is 8.42 Å². The van der Waals surface area contributed by atoms with Crippen LogP contribution in [0, 0.1) is 12.3 Å². The number of likely N-dealkylation sites (N-methyl/N-ethyl adjacent to an activating group) is 1. The highest BCUT2D eigenvalue weighted by molar-refractivity contribution is 7.89. The third-order valence-corrected chi connectivity index (χ3v) is 5.24. The highest BCUT2D eigenvalue weighted by Gasteiger charge is 2.15. The lowest BCUT2D eigenvalue weighted by Crippen LogP contribution is -2.33. The third-order valence-electron chi connectivity index (χ3n) is 3.85. The number of rotatable bonds is 9. The molecule has 0 heterocycles. The van der Waals surface area contributed by atoms with Crippen molar-refractivity contribution in [1.82, 2.24) is 14.9 Å². The number of terminal acetylenes is 1. The molecular formula is C20H23N3O3S. The van der Waals surface area contributed by atoms with Crippen LogP contribution in [0.5, 0.6) is 0 Å². The van der Waals surface area contributed by atoms with Crippen molar-refractivity contribution in [2.75, 3.05) is 26.7 Å². The Kier molecular flexibility index (Phi) is 7.55. The van der Waals surface area contributed by atoms with Gasteiger partial charge < -0.3 is 10.2 Å². The highest BCUT2D eigenvalue weighted by Crippen LogP contribution is 2.11. The molecule has 6 nitrogen and oxygen atoms in total. The Morgan fingerprint density at radius 3 is 2.59 bits per heavy atom. The number of amides is 1. The van der Waals surface area contributed by atoms with Crippen molar-refractivity contribution in [3.63, 3.8) is 0 Å². The van der Waals surface area contributed by atoms with E-state index in [1.54, 1.807) is 6.07 Å². The fourth-order valence-electron chi connectivity index (χ4n) is 2.46. The number of carbonyl (C=O) groups excluding carboxylic acids is 1. The summed E-state index contributed by atoms with van der Waals surface area (Å²) < 4.78 is 26.5. The molecule has 0 aliphatic carbocycles. The SMILES string of the molecule is C#CCNS(=O)(=O)c1cccc(C(=O)NCCN(C)Cc2ccccc2)c1. The predicted octanol–water partition coefficient (Wildman–Crippen LogP) is 1.46. The summed E-state index contributed by atoms with van der Waals surface area (Å²) >= 11 is 0. The Balaban J connectivity index is 1.89. The molecule has 0 radical (unpaired) electrons. The summed E-state index contributed by atoms with van der Waals surface area (Å²) in [7, 11) is -1.75. The molecule has 7 heteroatoms. The van der Waals surface area contributed by atoms with Crippen molar-refractivity contribution in [2.45, 2.75) is 11.4 Å². The summed E-state index contributed by atoms with van der Waals surface area (Å²) in [4.78, 5) is 14.4. The first-order valence-electron chi connectivity index (χ1n) is 8.46. The molecule has 2 aromatic carbocycles. The van der Waals surface area contributed by atoms with Crippen LogP contribution in [0.15, 0.2) is 59.5 Å². The molecule has 2 aromatic rings. The number of benzene rings is 2. The van der Waals surface area contributed by atoms with E-state index in [-0.39, 0.29) is 22.9 Å². The van der Waals surface area contributed by atoms with Gasteiger partial charge in [0.2, 0.25) is 10.0 Å². The zero-order chi connectivity index (χ0) is 19.7. The van der Waals surface area contributed by atoms with Gasteiger partial charge in [0, 0.05) is 25.2 Å². The molecule has 0 fully saturated rings. The molecule has 0 aliphatic rings. The molecule has 1 amide bonds. The lowest BCUT2D eigenvalue weighted by Gasteiger charge is -2.17. The highest BCUT2D eigenvalue weighted by atomic mass is 32.2. The van der Waals surface area contributed by atoms with Crippen LogP contribution in [0.3, 0.4) is 0 Å². The van der Waals surface area contributed by atoms with Crippen LogP contribution < -0.4 is 10.0 Å². The zero-order valence-corrected chi connectivity index (χ0v) is 16.0. The summed E-state index contributed by atoms with van der Waals surface area (Å²) in [5, 5.41) is 2.81. The van der Waals surface area contributed by atoms with Crippen LogP contribution in [-0.2, 0) is 16.6 Å². The zero-order valence-electron chi connectivity index (χ0n) is 15.2. The maximum atomic E-state index is 12.3. The van der Waals surface area contributed by atoms with E-state index >= 15 is 0 Å². The van der Waals surface area contributed by atoms with Gasteiger partial charge in [0.15, 0.2) is 0 Å². The average molecular weight is 385 g/mol. The molecule has 0 saturated heterocycles. The van der Waals surface area contributed by atoms with Gasteiger partial charge in [-0.05, 0) is 30.8 Å². The summed E-state index contributed by atoms with van der Waals surface area (Å²) in [6, 6.07) is 15.9. The molecule has 0 saturated carbocycles. The minimum absolute atomic E-state index is 0.00611. The first-order chi connectivity index (χ1) is 12.9. The first-order valence-corrected chi connectivity index (χ1v) is 9.94. The molecule has 0 bridgehead atoms. The smallest absolute Gasteiger partial charge is 0.251 e. The van der Waals surface area contributed by atoms with Gasteiger partial charge in [-0.1, -0.05) is 42.3 Å². The summed E-state index contributed by atoms with van der Waals surface area (Å²) in [5.41, 5.74) is 1.48. The second-order valence-corrected chi connectivity index (χ2v) is 7.80. The van der Waals surface area contributed by atoms with Gasteiger partial charge in [0.25, 0.3) is 5.91 Å². The molecule has 142 valence electrons. The van der Waals surface area contributed by atoms with E-state index in [4.69, 9.17) is 6.42 Å². The van der Waals surface area contributed by atoms with Crippen molar-refractivity contribution in [3.8, 4) is 12.3 Å².